The smallest absolute Gasteiger partial charge is 0.305 e. The Morgan fingerprint density at radius 3 is 2.91 bits per heavy atom. The predicted octanol–water partition coefficient (Wildman–Crippen LogP) is 2.75. The molecule has 0 bridgehead atoms. The largest absolute Gasteiger partial charge is 0.494 e. The first-order valence-corrected chi connectivity index (χ1v) is 7.67. The van der Waals surface area contributed by atoms with Gasteiger partial charge in [0.1, 0.15) is 18.6 Å². The Morgan fingerprint density at radius 1 is 1.36 bits per heavy atom. The lowest BCUT2D eigenvalue weighted by Gasteiger charge is -2.11. The molecular weight excluding hydrogens is 284 g/mol. The van der Waals surface area contributed by atoms with Crippen molar-refractivity contribution in [2.75, 3.05) is 13.2 Å². The van der Waals surface area contributed by atoms with Gasteiger partial charge in [-0.15, -0.1) is 0 Å². The lowest BCUT2D eigenvalue weighted by molar-refractivity contribution is -0.146. The van der Waals surface area contributed by atoms with Crippen LogP contribution in [0.1, 0.15) is 49.4 Å². The summed E-state index contributed by atoms with van der Waals surface area (Å²) in [6.45, 7) is 2.48. The van der Waals surface area contributed by atoms with Crippen LogP contribution in [0.15, 0.2) is 24.3 Å². The van der Waals surface area contributed by atoms with Gasteiger partial charge in [0.05, 0.1) is 12.7 Å². The van der Waals surface area contributed by atoms with Crippen LogP contribution in [0.25, 0.3) is 0 Å². The fourth-order valence-corrected chi connectivity index (χ4v) is 1.90. The van der Waals surface area contributed by atoms with E-state index in [4.69, 9.17) is 9.47 Å². The third-order valence-corrected chi connectivity index (χ3v) is 3.09. The molecule has 0 aliphatic heterocycles. The summed E-state index contributed by atoms with van der Waals surface area (Å²) < 4.78 is 10.5. The molecule has 122 valence electrons. The van der Waals surface area contributed by atoms with Gasteiger partial charge >= 0.3 is 5.97 Å². The van der Waals surface area contributed by atoms with Gasteiger partial charge < -0.3 is 14.6 Å². The number of ether oxygens (including phenoxy) is 2. The Morgan fingerprint density at radius 2 is 2.18 bits per heavy atom. The Bertz CT molecular complexity index is 458. The van der Waals surface area contributed by atoms with E-state index in [0.717, 1.165) is 25.5 Å². The lowest BCUT2D eigenvalue weighted by atomic mass is 10.1. The van der Waals surface area contributed by atoms with Gasteiger partial charge in [0.25, 0.3) is 0 Å². The normalized spacial score (nSPS) is 11.7. The molecule has 0 radical (unpaired) electrons. The second kappa shape index (κ2) is 10.8. The highest BCUT2D eigenvalue weighted by Gasteiger charge is 2.08. The number of benzene rings is 1. The number of esters is 1. The van der Waals surface area contributed by atoms with E-state index in [9.17, 15) is 14.7 Å². The second-order valence-electron chi connectivity index (χ2n) is 5.12. The van der Waals surface area contributed by atoms with Gasteiger partial charge in [0, 0.05) is 12.0 Å². The summed E-state index contributed by atoms with van der Waals surface area (Å²) in [4.78, 5) is 21.8. The summed E-state index contributed by atoms with van der Waals surface area (Å²) >= 11 is 0. The SMILES string of the molecule is CCCC(=O)OC[C@H](O)CCCCOc1cccc(C=O)c1. The van der Waals surface area contributed by atoms with Crippen molar-refractivity contribution >= 4 is 12.3 Å². The molecule has 0 fully saturated rings. The third kappa shape index (κ3) is 7.78. The topological polar surface area (TPSA) is 72.8 Å². The van der Waals surface area contributed by atoms with E-state index in [-0.39, 0.29) is 12.6 Å². The number of carbonyl (C=O) groups is 2. The summed E-state index contributed by atoms with van der Waals surface area (Å²) in [5.74, 6) is 0.401. The minimum Gasteiger partial charge on any atom is -0.494 e. The first-order valence-electron chi connectivity index (χ1n) is 7.67. The molecule has 0 aromatic heterocycles. The highest BCUT2D eigenvalue weighted by atomic mass is 16.5. The van der Waals surface area contributed by atoms with Crippen LogP contribution >= 0.6 is 0 Å². The molecule has 0 saturated heterocycles. The van der Waals surface area contributed by atoms with Crippen LogP contribution in [-0.4, -0.2) is 36.7 Å². The van der Waals surface area contributed by atoms with Crippen LogP contribution < -0.4 is 4.74 Å². The fourth-order valence-electron chi connectivity index (χ4n) is 1.90. The molecule has 0 aliphatic carbocycles. The molecule has 5 nitrogen and oxygen atoms in total. The Kier molecular flexibility index (Phi) is 8.91. The van der Waals surface area contributed by atoms with Gasteiger partial charge in [0.2, 0.25) is 0 Å². The zero-order chi connectivity index (χ0) is 16.2. The molecule has 0 heterocycles. The molecule has 22 heavy (non-hydrogen) atoms. The van der Waals surface area contributed by atoms with Crippen molar-refractivity contribution < 1.29 is 24.2 Å². The predicted molar refractivity (Wildman–Crippen MR) is 83.0 cm³/mol. The Hall–Kier alpha value is -1.88. The summed E-state index contributed by atoms with van der Waals surface area (Å²) in [6.07, 6.45) is 3.42. The van der Waals surface area contributed by atoms with Crippen LogP contribution in [0, 0.1) is 0 Å². The average molecular weight is 308 g/mol. The summed E-state index contributed by atoms with van der Waals surface area (Å²) in [5.41, 5.74) is 0.585. The number of unbranched alkanes of at least 4 members (excludes halogenated alkanes) is 1. The molecule has 0 aliphatic rings. The highest BCUT2D eigenvalue weighted by Crippen LogP contribution is 2.13. The molecule has 0 spiro atoms. The van der Waals surface area contributed by atoms with Crippen molar-refractivity contribution in [2.45, 2.75) is 45.1 Å². The maximum absolute atomic E-state index is 11.2. The van der Waals surface area contributed by atoms with Gasteiger partial charge in [0.15, 0.2) is 0 Å². The maximum Gasteiger partial charge on any atom is 0.305 e. The number of hydrogen-bond acceptors (Lipinski definition) is 5. The molecule has 5 heteroatoms. The number of rotatable bonds is 11. The van der Waals surface area contributed by atoms with Crippen molar-refractivity contribution in [1.82, 2.24) is 0 Å². The van der Waals surface area contributed by atoms with Crippen LogP contribution in [0.2, 0.25) is 0 Å². The van der Waals surface area contributed by atoms with Crippen molar-refractivity contribution in [1.29, 1.82) is 0 Å². The number of aliphatic hydroxyl groups excluding tert-OH is 1. The van der Waals surface area contributed by atoms with Crippen LogP contribution in [-0.2, 0) is 9.53 Å². The molecule has 1 atom stereocenters. The van der Waals surface area contributed by atoms with Crippen LogP contribution in [0.5, 0.6) is 5.75 Å². The minimum absolute atomic E-state index is 0.0566. The lowest BCUT2D eigenvalue weighted by Crippen LogP contribution is -2.18. The average Bonchev–Trinajstić information content (AvgIpc) is 2.53. The highest BCUT2D eigenvalue weighted by molar-refractivity contribution is 5.75. The first-order chi connectivity index (χ1) is 10.7. The van der Waals surface area contributed by atoms with Crippen LogP contribution in [0.3, 0.4) is 0 Å². The first kappa shape index (κ1) is 18.2. The third-order valence-electron chi connectivity index (χ3n) is 3.09. The molecule has 1 aromatic carbocycles. The molecule has 0 amide bonds. The summed E-state index contributed by atoms with van der Waals surface area (Å²) in [7, 11) is 0. The monoisotopic (exact) mass is 308 g/mol. The zero-order valence-electron chi connectivity index (χ0n) is 13.0. The van der Waals surface area contributed by atoms with Gasteiger partial charge in [-0.1, -0.05) is 19.1 Å². The van der Waals surface area contributed by atoms with Gasteiger partial charge in [-0.05, 0) is 37.8 Å². The van der Waals surface area contributed by atoms with Gasteiger partial charge in [-0.2, -0.15) is 0 Å². The fraction of sp³-hybridized carbons (Fsp3) is 0.529. The van der Waals surface area contributed by atoms with Gasteiger partial charge in [-0.25, -0.2) is 0 Å². The number of aldehydes is 1. The zero-order valence-corrected chi connectivity index (χ0v) is 13.0. The molecule has 1 aromatic rings. The van der Waals surface area contributed by atoms with E-state index in [0.29, 0.717) is 30.8 Å². The number of carbonyl (C=O) groups excluding carboxylic acids is 2. The minimum atomic E-state index is -0.626. The Labute approximate surface area is 131 Å². The van der Waals surface area contributed by atoms with E-state index < -0.39 is 6.10 Å². The van der Waals surface area contributed by atoms with Crippen molar-refractivity contribution in [3.05, 3.63) is 29.8 Å². The molecule has 0 saturated carbocycles. The van der Waals surface area contributed by atoms with Crippen molar-refractivity contribution in [2.24, 2.45) is 0 Å². The van der Waals surface area contributed by atoms with Gasteiger partial charge in [-0.3, -0.25) is 9.59 Å². The molecular formula is C17H24O5. The number of hydrogen-bond donors (Lipinski definition) is 1. The second-order valence-corrected chi connectivity index (χ2v) is 5.12. The van der Waals surface area contributed by atoms with Crippen molar-refractivity contribution in [3.63, 3.8) is 0 Å². The number of aliphatic hydroxyl groups is 1. The molecule has 1 rings (SSSR count). The van der Waals surface area contributed by atoms with E-state index >= 15 is 0 Å². The van der Waals surface area contributed by atoms with Crippen LogP contribution in [0.4, 0.5) is 0 Å². The van der Waals surface area contributed by atoms with E-state index in [1.54, 1.807) is 24.3 Å². The molecule has 0 unspecified atom stereocenters. The Balaban J connectivity index is 2.09. The quantitative estimate of drug-likeness (QED) is 0.386. The molecule has 1 N–H and O–H groups in total. The van der Waals surface area contributed by atoms with E-state index in [1.807, 2.05) is 6.92 Å². The maximum atomic E-state index is 11.2. The van der Waals surface area contributed by atoms with E-state index in [2.05, 4.69) is 0 Å². The summed E-state index contributed by atoms with van der Waals surface area (Å²) in [6, 6.07) is 6.98. The van der Waals surface area contributed by atoms with E-state index in [1.165, 1.54) is 0 Å². The standard InChI is InChI=1S/C17H24O5/c1-2-6-17(20)22-13-15(19)8-3-4-10-21-16-9-5-7-14(11-16)12-18/h5,7,9,11-12,15,19H,2-4,6,8,10,13H2,1H3/t15-/m1/s1. The van der Waals surface area contributed by atoms with Crippen molar-refractivity contribution in [3.8, 4) is 5.75 Å². The summed E-state index contributed by atoms with van der Waals surface area (Å²) in [5, 5.41) is 9.69.